The van der Waals surface area contributed by atoms with Crippen molar-refractivity contribution in [2.45, 2.75) is 13.0 Å². The van der Waals surface area contributed by atoms with Gasteiger partial charge in [-0.05, 0) is 25.1 Å². The van der Waals surface area contributed by atoms with Crippen molar-refractivity contribution in [3.05, 3.63) is 71.0 Å². The Hall–Kier alpha value is -2.27. The first-order valence-corrected chi connectivity index (χ1v) is 6.85. The Bertz CT molecular complexity index is 670. The van der Waals surface area contributed by atoms with Crippen molar-refractivity contribution >= 4 is 23.1 Å². The van der Waals surface area contributed by atoms with Crippen LogP contribution in [0.5, 0.6) is 0 Å². The van der Waals surface area contributed by atoms with Crippen molar-refractivity contribution in [2.24, 2.45) is 5.73 Å². The van der Waals surface area contributed by atoms with E-state index in [1.807, 2.05) is 0 Å². The molecule has 0 fully saturated rings. The zero-order valence-electron chi connectivity index (χ0n) is 11.5. The number of benzene rings is 2. The first kappa shape index (κ1) is 15.1. The molecule has 3 N–H and O–H groups in total. The van der Waals surface area contributed by atoms with Crippen LogP contribution in [0.4, 0.5) is 4.39 Å². The highest BCUT2D eigenvalue weighted by atomic mass is 32.1. The van der Waals surface area contributed by atoms with E-state index in [-0.39, 0.29) is 16.7 Å². The molecule has 0 aliphatic carbocycles. The molecule has 0 saturated heterocycles. The van der Waals surface area contributed by atoms with Crippen LogP contribution in [0.3, 0.4) is 0 Å². The fourth-order valence-corrected chi connectivity index (χ4v) is 2.11. The van der Waals surface area contributed by atoms with Gasteiger partial charge in [0.1, 0.15) is 10.8 Å². The molecule has 2 aromatic carbocycles. The summed E-state index contributed by atoms with van der Waals surface area (Å²) in [7, 11) is 0. The van der Waals surface area contributed by atoms with Crippen molar-refractivity contribution in [1.82, 2.24) is 5.32 Å². The minimum atomic E-state index is -0.422. The standard InChI is InChI=1S/C16H15FN2OS/c1-10(13-4-2-3-5-14(13)17)19-16(20)12-8-6-11(7-9-12)15(18)21/h2-10H,1H3,(H2,18,21)(H,19,20). The Morgan fingerprint density at radius 1 is 1.14 bits per heavy atom. The molecule has 0 spiro atoms. The van der Waals surface area contributed by atoms with Crippen LogP contribution >= 0.6 is 12.2 Å². The predicted molar refractivity (Wildman–Crippen MR) is 84.6 cm³/mol. The summed E-state index contributed by atoms with van der Waals surface area (Å²) in [4.78, 5) is 12.4. The number of carbonyl (C=O) groups excluding carboxylic acids is 1. The number of carbonyl (C=O) groups is 1. The molecule has 2 aromatic rings. The molecule has 0 bridgehead atoms. The summed E-state index contributed by atoms with van der Waals surface area (Å²) < 4.78 is 13.7. The van der Waals surface area contributed by atoms with Gasteiger partial charge < -0.3 is 11.1 Å². The molecule has 1 atom stereocenters. The van der Waals surface area contributed by atoms with Gasteiger partial charge in [-0.2, -0.15) is 0 Å². The molecule has 0 radical (unpaired) electrons. The number of nitrogens with one attached hydrogen (secondary N) is 1. The number of rotatable bonds is 4. The average Bonchev–Trinajstić information content (AvgIpc) is 2.47. The van der Waals surface area contributed by atoms with Crippen molar-refractivity contribution in [2.75, 3.05) is 0 Å². The van der Waals surface area contributed by atoms with Gasteiger partial charge in [0.15, 0.2) is 0 Å². The number of hydrogen-bond donors (Lipinski definition) is 2. The van der Waals surface area contributed by atoms with E-state index in [0.717, 1.165) is 0 Å². The van der Waals surface area contributed by atoms with Gasteiger partial charge in [-0.25, -0.2) is 4.39 Å². The normalized spacial score (nSPS) is 11.7. The number of amides is 1. The van der Waals surface area contributed by atoms with E-state index < -0.39 is 6.04 Å². The molecule has 0 aromatic heterocycles. The molecule has 0 aliphatic heterocycles. The van der Waals surface area contributed by atoms with Crippen LogP contribution in [0.15, 0.2) is 48.5 Å². The highest BCUT2D eigenvalue weighted by Gasteiger charge is 2.14. The van der Waals surface area contributed by atoms with E-state index in [1.54, 1.807) is 49.4 Å². The molecule has 1 unspecified atom stereocenters. The van der Waals surface area contributed by atoms with Crippen molar-refractivity contribution in [3.63, 3.8) is 0 Å². The second-order valence-corrected chi connectivity index (χ2v) is 5.10. The first-order valence-electron chi connectivity index (χ1n) is 6.44. The molecule has 1 amide bonds. The summed E-state index contributed by atoms with van der Waals surface area (Å²) in [6, 6.07) is 12.6. The Morgan fingerprint density at radius 3 is 2.29 bits per heavy atom. The number of hydrogen-bond acceptors (Lipinski definition) is 2. The summed E-state index contributed by atoms with van der Waals surface area (Å²) in [5.41, 5.74) is 7.12. The van der Waals surface area contributed by atoms with Crippen LogP contribution in [0, 0.1) is 5.82 Å². The lowest BCUT2D eigenvalue weighted by Gasteiger charge is -2.15. The Balaban J connectivity index is 2.11. The summed E-state index contributed by atoms with van der Waals surface area (Å²) in [6.07, 6.45) is 0. The number of nitrogens with two attached hydrogens (primary N) is 1. The molecule has 0 aliphatic rings. The molecular formula is C16H15FN2OS. The average molecular weight is 302 g/mol. The lowest BCUT2D eigenvalue weighted by atomic mass is 10.1. The summed E-state index contributed by atoms with van der Waals surface area (Å²) >= 11 is 4.85. The molecule has 108 valence electrons. The second kappa shape index (κ2) is 6.45. The highest BCUT2D eigenvalue weighted by Crippen LogP contribution is 2.16. The van der Waals surface area contributed by atoms with Gasteiger partial charge in [-0.3, -0.25) is 4.79 Å². The maximum Gasteiger partial charge on any atom is 0.251 e. The molecule has 0 heterocycles. The molecule has 0 saturated carbocycles. The van der Waals surface area contributed by atoms with Gasteiger partial charge >= 0.3 is 0 Å². The van der Waals surface area contributed by atoms with Crippen molar-refractivity contribution < 1.29 is 9.18 Å². The van der Waals surface area contributed by atoms with Crippen LogP contribution in [-0.2, 0) is 0 Å². The summed E-state index contributed by atoms with van der Waals surface area (Å²) in [5.74, 6) is -0.616. The van der Waals surface area contributed by atoms with Gasteiger partial charge in [-0.15, -0.1) is 0 Å². The van der Waals surface area contributed by atoms with Crippen molar-refractivity contribution in [1.29, 1.82) is 0 Å². The van der Waals surface area contributed by atoms with E-state index in [2.05, 4.69) is 5.32 Å². The molecular weight excluding hydrogens is 287 g/mol. The zero-order chi connectivity index (χ0) is 15.4. The number of halogens is 1. The minimum Gasteiger partial charge on any atom is -0.389 e. The Morgan fingerprint density at radius 2 is 1.71 bits per heavy atom. The van der Waals surface area contributed by atoms with Gasteiger partial charge in [0.05, 0.1) is 6.04 Å². The maximum atomic E-state index is 13.7. The fraction of sp³-hybridized carbons (Fsp3) is 0.125. The Kier molecular flexibility index (Phi) is 4.65. The third-order valence-electron chi connectivity index (χ3n) is 3.15. The van der Waals surface area contributed by atoms with E-state index in [9.17, 15) is 9.18 Å². The van der Waals surface area contributed by atoms with Crippen LogP contribution in [-0.4, -0.2) is 10.9 Å². The first-order chi connectivity index (χ1) is 9.99. The van der Waals surface area contributed by atoms with Crippen LogP contribution < -0.4 is 11.1 Å². The third kappa shape index (κ3) is 3.64. The number of thiocarbonyl (C=S) groups is 1. The van der Waals surface area contributed by atoms with Crippen LogP contribution in [0.25, 0.3) is 0 Å². The fourth-order valence-electron chi connectivity index (χ4n) is 1.97. The summed E-state index contributed by atoms with van der Waals surface area (Å²) in [5, 5.41) is 2.76. The lowest BCUT2D eigenvalue weighted by Crippen LogP contribution is -2.27. The van der Waals surface area contributed by atoms with Crippen LogP contribution in [0.1, 0.15) is 34.5 Å². The highest BCUT2D eigenvalue weighted by molar-refractivity contribution is 7.80. The molecule has 5 heteroatoms. The molecule has 21 heavy (non-hydrogen) atoms. The summed E-state index contributed by atoms with van der Waals surface area (Å²) in [6.45, 7) is 1.74. The topological polar surface area (TPSA) is 55.1 Å². The minimum absolute atomic E-state index is 0.278. The largest absolute Gasteiger partial charge is 0.389 e. The maximum absolute atomic E-state index is 13.7. The second-order valence-electron chi connectivity index (χ2n) is 4.66. The zero-order valence-corrected chi connectivity index (χ0v) is 12.3. The monoisotopic (exact) mass is 302 g/mol. The lowest BCUT2D eigenvalue weighted by molar-refractivity contribution is 0.0939. The molecule has 3 nitrogen and oxygen atoms in total. The molecule has 2 rings (SSSR count). The third-order valence-corrected chi connectivity index (χ3v) is 3.39. The SMILES string of the molecule is CC(NC(=O)c1ccc(C(N)=S)cc1)c1ccccc1F. The van der Waals surface area contributed by atoms with E-state index in [0.29, 0.717) is 16.7 Å². The predicted octanol–water partition coefficient (Wildman–Crippen LogP) is 2.95. The van der Waals surface area contributed by atoms with Gasteiger partial charge in [-0.1, -0.05) is 42.5 Å². The Labute approximate surface area is 128 Å². The van der Waals surface area contributed by atoms with Gasteiger partial charge in [0, 0.05) is 16.7 Å². The van der Waals surface area contributed by atoms with Gasteiger partial charge in [0.25, 0.3) is 5.91 Å². The van der Waals surface area contributed by atoms with E-state index in [4.69, 9.17) is 18.0 Å². The van der Waals surface area contributed by atoms with Crippen LogP contribution in [0.2, 0.25) is 0 Å². The van der Waals surface area contributed by atoms with E-state index >= 15 is 0 Å². The smallest absolute Gasteiger partial charge is 0.251 e. The van der Waals surface area contributed by atoms with Crippen molar-refractivity contribution in [3.8, 4) is 0 Å². The van der Waals surface area contributed by atoms with E-state index in [1.165, 1.54) is 6.07 Å². The quantitative estimate of drug-likeness (QED) is 0.854. The van der Waals surface area contributed by atoms with Gasteiger partial charge in [0.2, 0.25) is 0 Å².